The zero-order chi connectivity index (χ0) is 14.1. The summed E-state index contributed by atoms with van der Waals surface area (Å²) >= 11 is 0. The highest BCUT2D eigenvalue weighted by molar-refractivity contribution is 5.75. The molecule has 4 nitrogen and oxygen atoms in total. The van der Waals surface area contributed by atoms with Crippen LogP contribution in [-0.2, 0) is 7.05 Å². The first kappa shape index (κ1) is 13.6. The van der Waals surface area contributed by atoms with Crippen LogP contribution in [0, 0.1) is 0 Å². The van der Waals surface area contributed by atoms with E-state index in [1.54, 1.807) is 0 Å². The van der Waals surface area contributed by atoms with Gasteiger partial charge in [-0.15, -0.1) is 0 Å². The van der Waals surface area contributed by atoms with Crippen molar-refractivity contribution in [3.63, 3.8) is 0 Å². The Balaban J connectivity index is 1.78. The number of aromatic nitrogens is 2. The van der Waals surface area contributed by atoms with E-state index in [-0.39, 0.29) is 6.04 Å². The van der Waals surface area contributed by atoms with Crippen LogP contribution >= 0.6 is 0 Å². The van der Waals surface area contributed by atoms with E-state index in [4.69, 9.17) is 4.98 Å². The molecule has 2 aromatic rings. The maximum atomic E-state index is 4.78. The molecule has 20 heavy (non-hydrogen) atoms. The van der Waals surface area contributed by atoms with Gasteiger partial charge in [0.1, 0.15) is 5.82 Å². The molecule has 0 amide bonds. The van der Waals surface area contributed by atoms with Gasteiger partial charge in [-0.3, -0.25) is 0 Å². The fourth-order valence-electron chi connectivity index (χ4n) is 3.28. The van der Waals surface area contributed by atoms with Crippen LogP contribution in [0.3, 0.4) is 0 Å². The number of imidazole rings is 1. The number of nitrogens with zero attached hydrogens (tertiary/aromatic N) is 3. The molecular formula is C16H24N4. The smallest absolute Gasteiger partial charge is 0.126 e. The van der Waals surface area contributed by atoms with Gasteiger partial charge in [0.05, 0.1) is 17.1 Å². The first-order chi connectivity index (χ1) is 9.65. The molecule has 2 unspecified atom stereocenters. The molecule has 0 bridgehead atoms. The first-order valence-electron chi connectivity index (χ1n) is 7.51. The molecule has 2 heterocycles. The Morgan fingerprint density at radius 2 is 2.10 bits per heavy atom. The molecular weight excluding hydrogens is 248 g/mol. The van der Waals surface area contributed by atoms with Crippen LogP contribution in [0.1, 0.15) is 31.6 Å². The van der Waals surface area contributed by atoms with E-state index < -0.39 is 0 Å². The van der Waals surface area contributed by atoms with Crippen LogP contribution in [0.15, 0.2) is 24.3 Å². The van der Waals surface area contributed by atoms with Gasteiger partial charge in [-0.25, -0.2) is 4.98 Å². The summed E-state index contributed by atoms with van der Waals surface area (Å²) in [7, 11) is 4.31. The number of likely N-dealkylation sites (tertiary alicyclic amines) is 1. The number of benzene rings is 1. The molecule has 108 valence electrons. The standard InChI is InChI=1S/C16H24N4/c1-12(17-13-7-6-10-19(2)11-13)16-18-14-8-4-5-9-15(14)20(16)3/h4-5,8-9,12-13,17H,6-7,10-11H2,1-3H3. The van der Waals surface area contributed by atoms with Crippen molar-refractivity contribution in [1.29, 1.82) is 0 Å². The lowest BCUT2D eigenvalue weighted by atomic mass is 10.1. The fourth-order valence-corrected chi connectivity index (χ4v) is 3.28. The Labute approximate surface area is 120 Å². The lowest BCUT2D eigenvalue weighted by molar-refractivity contribution is 0.217. The summed E-state index contributed by atoms with van der Waals surface area (Å²) in [6.07, 6.45) is 2.54. The molecule has 1 aliphatic heterocycles. The van der Waals surface area contributed by atoms with E-state index in [2.05, 4.69) is 54.0 Å². The summed E-state index contributed by atoms with van der Waals surface area (Å²) in [4.78, 5) is 7.19. The minimum Gasteiger partial charge on any atom is -0.330 e. The highest BCUT2D eigenvalue weighted by atomic mass is 15.2. The van der Waals surface area contributed by atoms with Crippen molar-refractivity contribution in [2.75, 3.05) is 20.1 Å². The number of hydrogen-bond donors (Lipinski definition) is 1. The third-order valence-corrected chi connectivity index (χ3v) is 4.32. The minimum atomic E-state index is 0.281. The van der Waals surface area contributed by atoms with E-state index in [9.17, 15) is 0 Å². The Hall–Kier alpha value is -1.39. The number of rotatable bonds is 3. The van der Waals surface area contributed by atoms with E-state index in [0.29, 0.717) is 6.04 Å². The predicted molar refractivity (Wildman–Crippen MR) is 82.8 cm³/mol. The topological polar surface area (TPSA) is 33.1 Å². The van der Waals surface area contributed by atoms with Gasteiger partial charge in [-0.1, -0.05) is 12.1 Å². The summed E-state index contributed by atoms with van der Waals surface area (Å²) in [6.45, 7) is 4.57. The number of fused-ring (bicyclic) bond motifs is 1. The van der Waals surface area contributed by atoms with Gasteiger partial charge in [0.15, 0.2) is 0 Å². The van der Waals surface area contributed by atoms with Crippen LogP contribution in [0.4, 0.5) is 0 Å². The molecule has 1 fully saturated rings. The van der Waals surface area contributed by atoms with Crippen molar-refractivity contribution in [3.8, 4) is 0 Å². The zero-order valence-electron chi connectivity index (χ0n) is 12.6. The monoisotopic (exact) mass is 272 g/mol. The third-order valence-electron chi connectivity index (χ3n) is 4.32. The second kappa shape index (κ2) is 5.54. The van der Waals surface area contributed by atoms with Gasteiger partial charge in [0.25, 0.3) is 0 Å². The minimum absolute atomic E-state index is 0.281. The summed E-state index contributed by atoms with van der Waals surface area (Å²) < 4.78 is 2.21. The summed E-state index contributed by atoms with van der Waals surface area (Å²) in [6, 6.07) is 9.19. The van der Waals surface area contributed by atoms with Crippen molar-refractivity contribution in [1.82, 2.24) is 19.8 Å². The molecule has 3 rings (SSSR count). The summed E-state index contributed by atoms with van der Waals surface area (Å²) in [5, 5.41) is 3.74. The lowest BCUT2D eigenvalue weighted by Gasteiger charge is -2.32. The molecule has 0 spiro atoms. The van der Waals surface area contributed by atoms with Gasteiger partial charge in [0.2, 0.25) is 0 Å². The van der Waals surface area contributed by atoms with Gasteiger partial charge in [-0.05, 0) is 45.5 Å². The number of likely N-dealkylation sites (N-methyl/N-ethyl adjacent to an activating group) is 1. The van der Waals surface area contributed by atoms with Crippen LogP contribution in [0.2, 0.25) is 0 Å². The summed E-state index contributed by atoms with van der Waals surface area (Å²) in [5.74, 6) is 1.12. The van der Waals surface area contributed by atoms with Crippen molar-refractivity contribution >= 4 is 11.0 Å². The SMILES string of the molecule is CC(NC1CCCN(C)C1)c1nc2ccccc2n1C. The fraction of sp³-hybridized carbons (Fsp3) is 0.562. The van der Waals surface area contributed by atoms with E-state index >= 15 is 0 Å². The van der Waals surface area contributed by atoms with Crippen molar-refractivity contribution in [2.24, 2.45) is 7.05 Å². The quantitative estimate of drug-likeness (QED) is 0.931. The predicted octanol–water partition coefficient (Wildman–Crippen LogP) is 2.32. The van der Waals surface area contributed by atoms with Crippen molar-refractivity contribution < 1.29 is 0 Å². The Morgan fingerprint density at radius 1 is 1.30 bits per heavy atom. The van der Waals surface area contributed by atoms with E-state index in [1.807, 2.05) is 6.07 Å². The van der Waals surface area contributed by atoms with Crippen LogP contribution in [-0.4, -0.2) is 40.6 Å². The van der Waals surface area contributed by atoms with Crippen LogP contribution in [0.5, 0.6) is 0 Å². The molecule has 0 aliphatic carbocycles. The average Bonchev–Trinajstić information content (AvgIpc) is 2.77. The zero-order valence-corrected chi connectivity index (χ0v) is 12.6. The van der Waals surface area contributed by atoms with Crippen LogP contribution in [0.25, 0.3) is 11.0 Å². The highest BCUT2D eigenvalue weighted by Crippen LogP contribution is 2.20. The molecule has 1 aliphatic rings. The maximum Gasteiger partial charge on any atom is 0.126 e. The number of nitrogens with one attached hydrogen (secondary N) is 1. The van der Waals surface area contributed by atoms with E-state index in [1.165, 1.54) is 24.9 Å². The van der Waals surface area contributed by atoms with Crippen molar-refractivity contribution in [2.45, 2.75) is 31.8 Å². The molecule has 1 aromatic heterocycles. The second-order valence-electron chi connectivity index (χ2n) is 6.01. The van der Waals surface area contributed by atoms with E-state index in [0.717, 1.165) is 17.9 Å². The van der Waals surface area contributed by atoms with Gasteiger partial charge < -0.3 is 14.8 Å². The lowest BCUT2D eigenvalue weighted by Crippen LogP contribution is -2.45. The van der Waals surface area contributed by atoms with Crippen LogP contribution < -0.4 is 5.32 Å². The molecule has 1 saturated heterocycles. The van der Waals surface area contributed by atoms with Crippen molar-refractivity contribution in [3.05, 3.63) is 30.1 Å². The first-order valence-corrected chi connectivity index (χ1v) is 7.51. The Kier molecular flexibility index (Phi) is 3.76. The number of piperidine rings is 1. The number of aryl methyl sites for hydroxylation is 1. The Bertz CT molecular complexity index is 589. The second-order valence-corrected chi connectivity index (χ2v) is 6.01. The van der Waals surface area contributed by atoms with Gasteiger partial charge in [-0.2, -0.15) is 0 Å². The Morgan fingerprint density at radius 3 is 2.85 bits per heavy atom. The molecule has 0 saturated carbocycles. The van der Waals surface area contributed by atoms with Gasteiger partial charge in [0, 0.05) is 19.6 Å². The molecule has 4 heteroatoms. The highest BCUT2D eigenvalue weighted by Gasteiger charge is 2.21. The average molecular weight is 272 g/mol. The number of hydrogen-bond acceptors (Lipinski definition) is 3. The molecule has 1 aromatic carbocycles. The molecule has 0 radical (unpaired) electrons. The number of para-hydroxylation sites is 2. The molecule has 2 atom stereocenters. The largest absolute Gasteiger partial charge is 0.330 e. The molecule has 1 N–H and O–H groups in total. The maximum absolute atomic E-state index is 4.78. The normalized spacial score (nSPS) is 22.2. The third kappa shape index (κ3) is 2.58. The summed E-state index contributed by atoms with van der Waals surface area (Å²) in [5.41, 5.74) is 2.29. The van der Waals surface area contributed by atoms with Gasteiger partial charge >= 0.3 is 0 Å².